The summed E-state index contributed by atoms with van der Waals surface area (Å²) in [5.74, 6) is -0.0792. The zero-order valence-corrected chi connectivity index (χ0v) is 9.59. The smallest absolute Gasteiger partial charge is 0.320 e. The largest absolute Gasteiger partial charge is 0.460 e. The van der Waals surface area contributed by atoms with E-state index in [-0.39, 0.29) is 18.3 Å². The average Bonchev–Trinajstić information content (AvgIpc) is 2.73. The first kappa shape index (κ1) is 11.8. The molecule has 1 heterocycles. The Bertz CT molecular complexity index is 402. The fourth-order valence-corrected chi connectivity index (χ4v) is 1.79. The van der Waals surface area contributed by atoms with Crippen LogP contribution in [0.3, 0.4) is 0 Å². The van der Waals surface area contributed by atoms with Crippen LogP contribution in [0, 0.1) is 0 Å². The number of hydrogen-bond acceptors (Lipinski definition) is 4. The normalized spacial score (nSPS) is 16.1. The summed E-state index contributed by atoms with van der Waals surface area (Å²) in [5.41, 5.74) is 0.971. The molecule has 0 unspecified atom stereocenters. The lowest BCUT2D eigenvalue weighted by molar-refractivity contribution is -0.146. The molecule has 0 bridgehead atoms. The molecule has 0 N–H and O–H groups in total. The Labute approximate surface area is 100 Å². The molecule has 1 aliphatic rings. The highest BCUT2D eigenvalue weighted by molar-refractivity contribution is 5.83. The topological polar surface area (TPSA) is 46.6 Å². The van der Waals surface area contributed by atoms with Gasteiger partial charge in [-0.25, -0.2) is 0 Å². The number of carbonyl (C=O) groups excluding carboxylic acids is 2. The maximum atomic E-state index is 11.5. The predicted octanol–water partition coefficient (Wildman–Crippen LogP) is 1.00. The number of benzene rings is 1. The van der Waals surface area contributed by atoms with Gasteiger partial charge in [-0.05, 0) is 5.56 Å². The minimum atomic E-state index is -0.274. The highest BCUT2D eigenvalue weighted by Gasteiger charge is 2.21. The molecule has 0 spiro atoms. The van der Waals surface area contributed by atoms with E-state index in [1.54, 1.807) is 0 Å². The van der Waals surface area contributed by atoms with E-state index >= 15 is 0 Å². The lowest BCUT2D eigenvalue weighted by Crippen LogP contribution is -2.29. The van der Waals surface area contributed by atoms with Crippen LogP contribution < -0.4 is 0 Å². The van der Waals surface area contributed by atoms with Gasteiger partial charge < -0.3 is 4.74 Å². The number of ether oxygens (including phenoxy) is 1. The van der Waals surface area contributed by atoms with Crippen LogP contribution in [0.5, 0.6) is 0 Å². The standard InChI is InChI=1S/C13H15NO3/c15-12-6-7-14(8-12)9-13(16)17-10-11-4-2-1-3-5-11/h1-5H,6-10H2. The molecule has 1 fully saturated rings. The van der Waals surface area contributed by atoms with Gasteiger partial charge >= 0.3 is 5.97 Å². The van der Waals surface area contributed by atoms with Crippen LogP contribution in [0.25, 0.3) is 0 Å². The second-order valence-corrected chi connectivity index (χ2v) is 4.15. The van der Waals surface area contributed by atoms with Crippen LogP contribution in [0.15, 0.2) is 30.3 Å². The third kappa shape index (κ3) is 3.67. The summed E-state index contributed by atoms with van der Waals surface area (Å²) in [6.45, 7) is 1.54. The molecule has 17 heavy (non-hydrogen) atoms. The van der Waals surface area contributed by atoms with Gasteiger partial charge in [0.2, 0.25) is 0 Å². The Hall–Kier alpha value is -1.68. The van der Waals surface area contributed by atoms with Gasteiger partial charge in [0.05, 0.1) is 13.1 Å². The summed E-state index contributed by atoms with van der Waals surface area (Å²) in [4.78, 5) is 24.3. The minimum Gasteiger partial charge on any atom is -0.460 e. The maximum Gasteiger partial charge on any atom is 0.320 e. The maximum absolute atomic E-state index is 11.5. The van der Waals surface area contributed by atoms with Crippen LogP contribution in [-0.2, 0) is 20.9 Å². The van der Waals surface area contributed by atoms with E-state index in [1.807, 2.05) is 35.2 Å². The fourth-order valence-electron chi connectivity index (χ4n) is 1.79. The Morgan fingerprint density at radius 3 is 2.71 bits per heavy atom. The third-order valence-corrected chi connectivity index (χ3v) is 2.70. The van der Waals surface area contributed by atoms with E-state index in [1.165, 1.54) is 0 Å². The molecule has 0 aromatic heterocycles. The summed E-state index contributed by atoms with van der Waals surface area (Å²) in [5, 5.41) is 0. The van der Waals surface area contributed by atoms with Crippen LogP contribution in [0.2, 0.25) is 0 Å². The van der Waals surface area contributed by atoms with Gasteiger partial charge in [-0.2, -0.15) is 0 Å². The summed E-state index contributed by atoms with van der Waals surface area (Å²) in [6, 6.07) is 9.55. The second kappa shape index (κ2) is 5.59. The Morgan fingerprint density at radius 2 is 2.06 bits per heavy atom. The van der Waals surface area contributed by atoms with Gasteiger partial charge in [-0.3, -0.25) is 14.5 Å². The number of nitrogens with zero attached hydrogens (tertiary/aromatic N) is 1. The molecule has 1 aliphatic heterocycles. The monoisotopic (exact) mass is 233 g/mol. The first-order valence-electron chi connectivity index (χ1n) is 5.67. The Balaban J connectivity index is 1.73. The number of likely N-dealkylation sites (tertiary alicyclic amines) is 1. The van der Waals surface area contributed by atoms with Crippen molar-refractivity contribution in [3.05, 3.63) is 35.9 Å². The van der Waals surface area contributed by atoms with E-state index in [2.05, 4.69) is 0 Å². The number of ketones is 1. The van der Waals surface area contributed by atoms with Crippen molar-refractivity contribution in [2.45, 2.75) is 13.0 Å². The molecule has 1 aromatic rings. The van der Waals surface area contributed by atoms with Gasteiger partial charge in [0.25, 0.3) is 0 Å². The van der Waals surface area contributed by atoms with Crippen LogP contribution in [-0.4, -0.2) is 36.3 Å². The summed E-state index contributed by atoms with van der Waals surface area (Å²) in [6.07, 6.45) is 0.548. The van der Waals surface area contributed by atoms with E-state index < -0.39 is 0 Å². The zero-order valence-electron chi connectivity index (χ0n) is 9.59. The molecule has 0 radical (unpaired) electrons. The molecule has 4 heteroatoms. The van der Waals surface area contributed by atoms with Crippen molar-refractivity contribution < 1.29 is 14.3 Å². The highest BCUT2D eigenvalue weighted by atomic mass is 16.5. The minimum absolute atomic E-state index is 0.195. The predicted molar refractivity (Wildman–Crippen MR) is 62.3 cm³/mol. The van der Waals surface area contributed by atoms with Gasteiger partial charge in [0.15, 0.2) is 0 Å². The number of rotatable bonds is 4. The number of esters is 1. The van der Waals surface area contributed by atoms with Crippen molar-refractivity contribution in [2.24, 2.45) is 0 Å². The molecule has 1 saturated heterocycles. The van der Waals surface area contributed by atoms with Gasteiger partial charge in [0.1, 0.15) is 12.4 Å². The van der Waals surface area contributed by atoms with Crippen LogP contribution in [0.4, 0.5) is 0 Å². The van der Waals surface area contributed by atoms with Crippen molar-refractivity contribution in [2.75, 3.05) is 19.6 Å². The summed E-state index contributed by atoms with van der Waals surface area (Å²) < 4.78 is 5.13. The van der Waals surface area contributed by atoms with E-state index in [4.69, 9.17) is 4.74 Å². The van der Waals surface area contributed by atoms with E-state index in [9.17, 15) is 9.59 Å². The van der Waals surface area contributed by atoms with Crippen molar-refractivity contribution in [1.82, 2.24) is 4.90 Å². The first-order chi connectivity index (χ1) is 8.24. The van der Waals surface area contributed by atoms with Crippen molar-refractivity contribution in [3.8, 4) is 0 Å². The highest BCUT2D eigenvalue weighted by Crippen LogP contribution is 2.05. The third-order valence-electron chi connectivity index (χ3n) is 2.70. The SMILES string of the molecule is O=C1CCN(CC(=O)OCc2ccccc2)C1. The van der Waals surface area contributed by atoms with Crippen molar-refractivity contribution in [1.29, 1.82) is 0 Å². The molecule has 90 valence electrons. The molecule has 0 amide bonds. The zero-order chi connectivity index (χ0) is 12.1. The molecule has 0 aliphatic carbocycles. The van der Waals surface area contributed by atoms with E-state index in [0.29, 0.717) is 26.1 Å². The average molecular weight is 233 g/mol. The lowest BCUT2D eigenvalue weighted by Gasteiger charge is -2.12. The van der Waals surface area contributed by atoms with Gasteiger partial charge in [-0.15, -0.1) is 0 Å². The Kier molecular flexibility index (Phi) is 3.88. The molecule has 0 saturated carbocycles. The Morgan fingerprint density at radius 1 is 1.29 bits per heavy atom. The fraction of sp³-hybridized carbons (Fsp3) is 0.385. The second-order valence-electron chi connectivity index (χ2n) is 4.15. The molecule has 0 atom stereocenters. The van der Waals surface area contributed by atoms with E-state index in [0.717, 1.165) is 5.56 Å². The first-order valence-corrected chi connectivity index (χ1v) is 5.67. The molecule has 1 aromatic carbocycles. The number of hydrogen-bond donors (Lipinski definition) is 0. The van der Waals surface area contributed by atoms with Crippen LogP contribution >= 0.6 is 0 Å². The van der Waals surface area contributed by atoms with Gasteiger partial charge in [0, 0.05) is 13.0 Å². The van der Waals surface area contributed by atoms with Gasteiger partial charge in [-0.1, -0.05) is 30.3 Å². The van der Waals surface area contributed by atoms with Crippen LogP contribution in [0.1, 0.15) is 12.0 Å². The molecular weight excluding hydrogens is 218 g/mol. The summed E-state index contributed by atoms with van der Waals surface area (Å²) in [7, 11) is 0. The number of carbonyl (C=O) groups is 2. The molecular formula is C13H15NO3. The quantitative estimate of drug-likeness (QED) is 0.728. The lowest BCUT2D eigenvalue weighted by atomic mass is 10.2. The van der Waals surface area contributed by atoms with Crippen molar-refractivity contribution in [3.63, 3.8) is 0 Å². The number of Topliss-reactive ketones (excluding diaryl/α,β-unsaturated/α-hetero) is 1. The summed E-state index contributed by atoms with van der Waals surface area (Å²) >= 11 is 0. The van der Waals surface area contributed by atoms with Crippen molar-refractivity contribution >= 4 is 11.8 Å². The molecule has 4 nitrogen and oxygen atoms in total. The molecule has 2 rings (SSSR count).